The number of ether oxygens (including phenoxy) is 1. The second-order valence-electron chi connectivity index (χ2n) is 4.34. The largest absolute Gasteiger partial charge is 0.454 e. The molecule has 0 fully saturated rings. The Morgan fingerprint density at radius 2 is 2.12 bits per heavy atom. The van der Waals surface area contributed by atoms with Gasteiger partial charge in [-0.25, -0.2) is 4.79 Å². The molecule has 1 aliphatic rings. The van der Waals surface area contributed by atoms with Gasteiger partial charge in [-0.05, 0) is 24.1 Å². The van der Waals surface area contributed by atoms with Gasteiger partial charge in [-0.1, -0.05) is 43.3 Å². The van der Waals surface area contributed by atoms with Crippen LogP contribution in [0.15, 0.2) is 42.5 Å². The highest BCUT2D eigenvalue weighted by Gasteiger charge is 2.20. The smallest absolute Gasteiger partial charge is 0.331 e. The van der Waals surface area contributed by atoms with Gasteiger partial charge in [0.05, 0.1) is 0 Å². The minimum atomic E-state index is -0.244. The summed E-state index contributed by atoms with van der Waals surface area (Å²) in [6.45, 7) is 4.13. The predicted molar refractivity (Wildman–Crippen MR) is 68.4 cm³/mol. The van der Waals surface area contributed by atoms with E-state index in [-0.39, 0.29) is 18.0 Å². The quantitative estimate of drug-likeness (QED) is 0.743. The fourth-order valence-corrected chi connectivity index (χ4v) is 1.81. The molecule has 2 atom stereocenters. The Labute approximate surface area is 102 Å². The Balaban J connectivity index is 2.04. The maximum atomic E-state index is 11.0. The molecule has 88 valence electrons. The van der Waals surface area contributed by atoms with Crippen LogP contribution in [0.4, 0.5) is 0 Å². The SMILES string of the molecule is Cc1ccccc1/C=C/C(C)C1C=CC(=O)O1. The molecule has 1 aromatic carbocycles. The summed E-state index contributed by atoms with van der Waals surface area (Å²) in [6, 6.07) is 8.21. The zero-order valence-corrected chi connectivity index (χ0v) is 10.1. The van der Waals surface area contributed by atoms with Crippen molar-refractivity contribution in [3.05, 3.63) is 53.6 Å². The number of aryl methyl sites for hydroxylation is 1. The van der Waals surface area contributed by atoms with Gasteiger partial charge in [0, 0.05) is 12.0 Å². The molecule has 0 aromatic heterocycles. The molecule has 0 spiro atoms. The highest BCUT2D eigenvalue weighted by Crippen LogP contribution is 2.18. The van der Waals surface area contributed by atoms with Gasteiger partial charge in [0.25, 0.3) is 0 Å². The average Bonchev–Trinajstić information content (AvgIpc) is 2.74. The van der Waals surface area contributed by atoms with Crippen LogP contribution in [-0.4, -0.2) is 12.1 Å². The number of carbonyl (C=O) groups excluding carboxylic acids is 1. The zero-order chi connectivity index (χ0) is 12.3. The summed E-state index contributed by atoms with van der Waals surface area (Å²) < 4.78 is 5.14. The second kappa shape index (κ2) is 5.00. The van der Waals surface area contributed by atoms with Gasteiger partial charge in [-0.2, -0.15) is 0 Å². The van der Waals surface area contributed by atoms with Crippen molar-refractivity contribution >= 4 is 12.0 Å². The van der Waals surface area contributed by atoms with Gasteiger partial charge in [0.1, 0.15) is 6.10 Å². The first-order valence-corrected chi connectivity index (χ1v) is 5.79. The molecule has 0 amide bonds. The number of benzene rings is 1. The molecule has 0 bridgehead atoms. The van der Waals surface area contributed by atoms with Crippen LogP contribution in [0.25, 0.3) is 6.08 Å². The van der Waals surface area contributed by atoms with Crippen LogP contribution < -0.4 is 0 Å². The normalized spacial score (nSPS) is 20.8. The van der Waals surface area contributed by atoms with E-state index in [1.807, 2.05) is 25.1 Å². The highest BCUT2D eigenvalue weighted by atomic mass is 16.5. The van der Waals surface area contributed by atoms with Crippen molar-refractivity contribution < 1.29 is 9.53 Å². The molecule has 17 heavy (non-hydrogen) atoms. The molecule has 0 radical (unpaired) electrons. The summed E-state index contributed by atoms with van der Waals surface area (Å²) in [4.78, 5) is 11.0. The molecule has 1 aromatic rings. The molecular weight excluding hydrogens is 212 g/mol. The van der Waals surface area contributed by atoms with E-state index < -0.39 is 0 Å². The third-order valence-corrected chi connectivity index (χ3v) is 2.96. The summed E-state index contributed by atoms with van der Waals surface area (Å²) in [5.74, 6) is -0.0524. The van der Waals surface area contributed by atoms with E-state index in [9.17, 15) is 4.79 Å². The minimum Gasteiger partial charge on any atom is -0.454 e. The lowest BCUT2D eigenvalue weighted by Crippen LogP contribution is -2.15. The van der Waals surface area contributed by atoms with Crippen molar-refractivity contribution in [3.63, 3.8) is 0 Å². The van der Waals surface area contributed by atoms with E-state index in [2.05, 4.69) is 31.2 Å². The van der Waals surface area contributed by atoms with Crippen LogP contribution in [0.2, 0.25) is 0 Å². The number of hydrogen-bond donors (Lipinski definition) is 0. The summed E-state index contributed by atoms with van der Waals surface area (Å²) in [5.41, 5.74) is 2.45. The van der Waals surface area contributed by atoms with Gasteiger partial charge in [-0.3, -0.25) is 0 Å². The van der Waals surface area contributed by atoms with Crippen LogP contribution in [0, 0.1) is 12.8 Å². The van der Waals surface area contributed by atoms with Gasteiger partial charge in [0.2, 0.25) is 0 Å². The summed E-state index contributed by atoms with van der Waals surface area (Å²) >= 11 is 0. The van der Waals surface area contributed by atoms with E-state index in [1.54, 1.807) is 0 Å². The van der Waals surface area contributed by atoms with Crippen molar-refractivity contribution in [3.8, 4) is 0 Å². The lowest BCUT2D eigenvalue weighted by molar-refractivity contribution is -0.139. The Morgan fingerprint density at radius 1 is 1.35 bits per heavy atom. The molecule has 1 heterocycles. The lowest BCUT2D eigenvalue weighted by atomic mass is 10.0. The van der Waals surface area contributed by atoms with E-state index in [0.29, 0.717) is 0 Å². The van der Waals surface area contributed by atoms with Crippen molar-refractivity contribution in [1.29, 1.82) is 0 Å². The highest BCUT2D eigenvalue weighted by molar-refractivity contribution is 5.84. The third kappa shape index (κ3) is 2.84. The van der Waals surface area contributed by atoms with Crippen LogP contribution in [0.1, 0.15) is 18.1 Å². The fraction of sp³-hybridized carbons (Fsp3) is 0.267. The molecule has 1 aliphatic heterocycles. The Hall–Kier alpha value is -1.83. The van der Waals surface area contributed by atoms with Gasteiger partial charge >= 0.3 is 5.97 Å². The van der Waals surface area contributed by atoms with Crippen LogP contribution in [0.5, 0.6) is 0 Å². The summed E-state index contributed by atoms with van der Waals surface area (Å²) in [5, 5.41) is 0. The summed E-state index contributed by atoms with van der Waals surface area (Å²) in [7, 11) is 0. The van der Waals surface area contributed by atoms with E-state index >= 15 is 0 Å². The standard InChI is InChI=1S/C15H16O2/c1-11-5-3-4-6-13(11)8-7-12(2)14-9-10-15(16)17-14/h3-10,12,14H,1-2H3/b8-7+. The zero-order valence-electron chi connectivity index (χ0n) is 10.1. The third-order valence-electron chi connectivity index (χ3n) is 2.96. The first kappa shape index (κ1) is 11.6. The maximum Gasteiger partial charge on any atom is 0.331 e. The molecule has 0 N–H and O–H groups in total. The van der Waals surface area contributed by atoms with Gasteiger partial charge in [-0.15, -0.1) is 0 Å². The monoisotopic (exact) mass is 228 g/mol. The molecule has 0 saturated carbocycles. The average molecular weight is 228 g/mol. The minimum absolute atomic E-state index is 0.122. The topological polar surface area (TPSA) is 26.3 Å². The number of esters is 1. The van der Waals surface area contributed by atoms with Crippen LogP contribution in [-0.2, 0) is 9.53 Å². The van der Waals surface area contributed by atoms with Crippen molar-refractivity contribution in [1.82, 2.24) is 0 Å². The lowest BCUT2D eigenvalue weighted by Gasteiger charge is -2.13. The number of rotatable bonds is 3. The van der Waals surface area contributed by atoms with E-state index in [0.717, 1.165) is 0 Å². The molecule has 2 nitrogen and oxygen atoms in total. The molecular formula is C15H16O2. The fourth-order valence-electron chi connectivity index (χ4n) is 1.81. The van der Waals surface area contributed by atoms with Crippen LogP contribution >= 0.6 is 0 Å². The second-order valence-corrected chi connectivity index (χ2v) is 4.34. The molecule has 0 saturated heterocycles. The number of cyclic esters (lactones) is 1. The molecule has 2 unspecified atom stereocenters. The van der Waals surface area contributed by atoms with Gasteiger partial charge < -0.3 is 4.74 Å². The first-order chi connectivity index (χ1) is 8.16. The Kier molecular flexibility index (Phi) is 3.43. The molecule has 2 rings (SSSR count). The number of carbonyl (C=O) groups is 1. The Bertz CT molecular complexity index is 472. The van der Waals surface area contributed by atoms with E-state index in [1.165, 1.54) is 17.2 Å². The van der Waals surface area contributed by atoms with E-state index in [4.69, 9.17) is 4.74 Å². The number of hydrogen-bond acceptors (Lipinski definition) is 2. The van der Waals surface area contributed by atoms with Crippen LogP contribution in [0.3, 0.4) is 0 Å². The maximum absolute atomic E-state index is 11.0. The van der Waals surface area contributed by atoms with Gasteiger partial charge in [0.15, 0.2) is 0 Å². The summed E-state index contributed by atoms with van der Waals surface area (Å²) in [6.07, 6.45) is 7.34. The van der Waals surface area contributed by atoms with Crippen molar-refractivity contribution in [2.24, 2.45) is 5.92 Å². The van der Waals surface area contributed by atoms with Crippen molar-refractivity contribution in [2.75, 3.05) is 0 Å². The predicted octanol–water partition coefficient (Wildman–Crippen LogP) is 3.13. The molecule has 2 heteroatoms. The van der Waals surface area contributed by atoms with Crippen molar-refractivity contribution in [2.45, 2.75) is 20.0 Å². The Morgan fingerprint density at radius 3 is 2.76 bits per heavy atom. The molecule has 0 aliphatic carbocycles. The first-order valence-electron chi connectivity index (χ1n) is 5.79.